The molecule has 0 saturated carbocycles. The van der Waals surface area contributed by atoms with Crippen molar-refractivity contribution in [3.8, 4) is 0 Å². The zero-order chi connectivity index (χ0) is 11.2. The lowest BCUT2D eigenvalue weighted by molar-refractivity contribution is -0.141. The third-order valence-electron chi connectivity index (χ3n) is 1.29. The van der Waals surface area contributed by atoms with Crippen LogP contribution in [0.1, 0.15) is 41.0 Å². The summed E-state index contributed by atoms with van der Waals surface area (Å²) in [6, 6.07) is 0. The van der Waals surface area contributed by atoms with E-state index in [1.54, 1.807) is 13.8 Å². The SMILES string of the molecule is CCOC(=O)CC(C)=NNC(C)(C)C. The predicted octanol–water partition coefficient (Wildman–Crippen LogP) is 1.70. The second-order valence-corrected chi connectivity index (χ2v) is 4.19. The monoisotopic (exact) mass is 200 g/mol. The molecule has 0 aliphatic carbocycles. The maximum Gasteiger partial charge on any atom is 0.311 e. The number of carbonyl (C=O) groups excluding carboxylic acids is 1. The van der Waals surface area contributed by atoms with Gasteiger partial charge in [0.1, 0.15) is 0 Å². The highest BCUT2D eigenvalue weighted by Gasteiger charge is 2.08. The Bertz CT molecular complexity index is 217. The van der Waals surface area contributed by atoms with E-state index in [0.717, 1.165) is 5.71 Å². The summed E-state index contributed by atoms with van der Waals surface area (Å²) in [7, 11) is 0. The lowest BCUT2D eigenvalue weighted by Crippen LogP contribution is -2.32. The summed E-state index contributed by atoms with van der Waals surface area (Å²) < 4.78 is 4.80. The summed E-state index contributed by atoms with van der Waals surface area (Å²) in [6.45, 7) is 10.0. The van der Waals surface area contributed by atoms with E-state index in [0.29, 0.717) is 6.61 Å². The van der Waals surface area contributed by atoms with Crippen molar-refractivity contribution < 1.29 is 9.53 Å². The molecule has 0 aromatic carbocycles. The van der Waals surface area contributed by atoms with E-state index in [2.05, 4.69) is 10.5 Å². The Morgan fingerprint density at radius 3 is 2.43 bits per heavy atom. The number of esters is 1. The van der Waals surface area contributed by atoms with Crippen LogP contribution in [0.15, 0.2) is 5.10 Å². The molecule has 14 heavy (non-hydrogen) atoms. The summed E-state index contributed by atoms with van der Waals surface area (Å²) in [4.78, 5) is 11.0. The number of ether oxygens (including phenoxy) is 1. The standard InChI is InChI=1S/C10H20N2O2/c1-6-14-9(13)7-8(2)11-12-10(3,4)5/h12H,6-7H2,1-5H3. The molecule has 0 rings (SSSR count). The number of hydrogen-bond donors (Lipinski definition) is 1. The molecule has 0 atom stereocenters. The number of carbonyl (C=O) groups is 1. The summed E-state index contributed by atoms with van der Waals surface area (Å²) in [6.07, 6.45) is 0.247. The normalized spacial score (nSPS) is 12.5. The van der Waals surface area contributed by atoms with E-state index < -0.39 is 0 Å². The van der Waals surface area contributed by atoms with Crippen LogP contribution in [0.3, 0.4) is 0 Å². The van der Waals surface area contributed by atoms with E-state index in [4.69, 9.17) is 4.74 Å². The number of hydrazone groups is 1. The van der Waals surface area contributed by atoms with Gasteiger partial charge in [0.25, 0.3) is 0 Å². The predicted molar refractivity (Wildman–Crippen MR) is 57.2 cm³/mol. The van der Waals surface area contributed by atoms with Crippen LogP contribution in [0.25, 0.3) is 0 Å². The molecular formula is C10H20N2O2. The molecule has 0 aliphatic heterocycles. The lowest BCUT2D eigenvalue weighted by atomic mass is 10.1. The average Bonchev–Trinajstić information content (AvgIpc) is 2.00. The lowest BCUT2D eigenvalue weighted by Gasteiger charge is -2.18. The van der Waals surface area contributed by atoms with Gasteiger partial charge >= 0.3 is 5.97 Å². The fourth-order valence-corrected chi connectivity index (χ4v) is 0.724. The van der Waals surface area contributed by atoms with Gasteiger partial charge in [-0.2, -0.15) is 5.10 Å². The van der Waals surface area contributed by atoms with Gasteiger partial charge in [0, 0.05) is 11.3 Å². The molecule has 82 valence electrons. The Balaban J connectivity index is 3.95. The van der Waals surface area contributed by atoms with Gasteiger partial charge in [-0.05, 0) is 34.6 Å². The minimum atomic E-state index is -0.232. The first kappa shape index (κ1) is 12.9. The molecule has 0 aromatic heterocycles. The maximum absolute atomic E-state index is 11.0. The minimum absolute atomic E-state index is 0.0735. The number of rotatable bonds is 4. The van der Waals surface area contributed by atoms with Gasteiger partial charge in [-0.3, -0.25) is 4.79 Å². The first-order valence-electron chi connectivity index (χ1n) is 4.81. The van der Waals surface area contributed by atoms with Crippen molar-refractivity contribution in [3.05, 3.63) is 0 Å². The van der Waals surface area contributed by atoms with Crippen molar-refractivity contribution in [1.82, 2.24) is 5.43 Å². The molecule has 0 radical (unpaired) electrons. The van der Waals surface area contributed by atoms with Crippen molar-refractivity contribution in [1.29, 1.82) is 0 Å². The molecule has 0 spiro atoms. The summed E-state index contributed by atoms with van der Waals surface area (Å²) >= 11 is 0. The van der Waals surface area contributed by atoms with Crippen LogP contribution >= 0.6 is 0 Å². The van der Waals surface area contributed by atoms with Crippen molar-refractivity contribution in [2.45, 2.75) is 46.6 Å². The fraction of sp³-hybridized carbons (Fsp3) is 0.800. The van der Waals surface area contributed by atoms with Crippen LogP contribution in [0.5, 0.6) is 0 Å². The van der Waals surface area contributed by atoms with E-state index in [1.165, 1.54) is 0 Å². The number of nitrogens with one attached hydrogen (secondary N) is 1. The molecule has 0 bridgehead atoms. The Kier molecular flexibility index (Phi) is 5.20. The van der Waals surface area contributed by atoms with Crippen LogP contribution < -0.4 is 5.43 Å². The molecular weight excluding hydrogens is 180 g/mol. The summed E-state index contributed by atoms with van der Waals surface area (Å²) in [5.41, 5.74) is 3.61. The highest BCUT2D eigenvalue weighted by molar-refractivity contribution is 5.97. The van der Waals surface area contributed by atoms with Gasteiger partial charge < -0.3 is 10.2 Å². The Morgan fingerprint density at radius 2 is 2.00 bits per heavy atom. The quantitative estimate of drug-likeness (QED) is 0.427. The zero-order valence-corrected chi connectivity index (χ0v) is 9.68. The molecule has 0 fully saturated rings. The largest absolute Gasteiger partial charge is 0.466 e. The summed E-state index contributed by atoms with van der Waals surface area (Å²) in [5.74, 6) is -0.232. The zero-order valence-electron chi connectivity index (χ0n) is 9.68. The van der Waals surface area contributed by atoms with Crippen molar-refractivity contribution >= 4 is 11.7 Å². The third-order valence-corrected chi connectivity index (χ3v) is 1.29. The second kappa shape index (κ2) is 5.62. The topological polar surface area (TPSA) is 50.7 Å². The molecule has 0 saturated heterocycles. The van der Waals surface area contributed by atoms with Crippen molar-refractivity contribution in [2.75, 3.05) is 6.61 Å². The Hall–Kier alpha value is -1.06. The van der Waals surface area contributed by atoms with Gasteiger partial charge in [-0.25, -0.2) is 0 Å². The smallest absolute Gasteiger partial charge is 0.311 e. The average molecular weight is 200 g/mol. The van der Waals surface area contributed by atoms with E-state index in [1.807, 2.05) is 20.8 Å². The van der Waals surface area contributed by atoms with Gasteiger partial charge in [0.05, 0.1) is 13.0 Å². The first-order valence-corrected chi connectivity index (χ1v) is 4.81. The van der Waals surface area contributed by atoms with E-state index >= 15 is 0 Å². The van der Waals surface area contributed by atoms with Crippen LogP contribution in [0, 0.1) is 0 Å². The van der Waals surface area contributed by atoms with Gasteiger partial charge in [-0.15, -0.1) is 0 Å². The second-order valence-electron chi connectivity index (χ2n) is 4.19. The number of nitrogens with zero attached hydrogens (tertiary/aromatic N) is 1. The molecule has 4 heteroatoms. The number of hydrogen-bond acceptors (Lipinski definition) is 4. The van der Waals surface area contributed by atoms with E-state index in [-0.39, 0.29) is 17.9 Å². The van der Waals surface area contributed by atoms with Crippen molar-refractivity contribution in [2.24, 2.45) is 5.10 Å². The third kappa shape index (κ3) is 7.58. The van der Waals surface area contributed by atoms with Gasteiger partial charge in [0.2, 0.25) is 0 Å². The fourth-order valence-electron chi connectivity index (χ4n) is 0.724. The first-order chi connectivity index (χ1) is 6.35. The highest BCUT2D eigenvalue weighted by Crippen LogP contribution is 1.99. The summed E-state index contributed by atoms with van der Waals surface area (Å²) in [5, 5.41) is 4.08. The van der Waals surface area contributed by atoms with E-state index in [9.17, 15) is 4.79 Å². The Morgan fingerprint density at radius 1 is 1.43 bits per heavy atom. The van der Waals surface area contributed by atoms with Crippen LogP contribution in [-0.4, -0.2) is 23.8 Å². The Labute approximate surface area is 85.7 Å². The highest BCUT2D eigenvalue weighted by atomic mass is 16.5. The molecule has 0 unspecified atom stereocenters. The van der Waals surface area contributed by atoms with Crippen LogP contribution in [0.2, 0.25) is 0 Å². The molecule has 0 amide bonds. The molecule has 1 N–H and O–H groups in total. The molecule has 4 nitrogen and oxygen atoms in total. The minimum Gasteiger partial charge on any atom is -0.466 e. The molecule has 0 aliphatic rings. The van der Waals surface area contributed by atoms with Gasteiger partial charge in [-0.1, -0.05) is 0 Å². The van der Waals surface area contributed by atoms with Crippen LogP contribution in [0.4, 0.5) is 0 Å². The molecule has 0 aromatic rings. The van der Waals surface area contributed by atoms with Crippen molar-refractivity contribution in [3.63, 3.8) is 0 Å². The molecule has 0 heterocycles. The van der Waals surface area contributed by atoms with Crippen LogP contribution in [-0.2, 0) is 9.53 Å². The maximum atomic E-state index is 11.0. The van der Waals surface area contributed by atoms with Gasteiger partial charge in [0.15, 0.2) is 0 Å².